The number of para-hydroxylation sites is 1. The van der Waals surface area contributed by atoms with Gasteiger partial charge in [0.25, 0.3) is 0 Å². The molecule has 0 saturated heterocycles. The maximum absolute atomic E-state index is 5.89. The number of hydrogen-bond acceptors (Lipinski definition) is 3. The fourth-order valence-electron chi connectivity index (χ4n) is 3.64. The molecule has 1 aliphatic heterocycles. The molecule has 0 atom stereocenters. The van der Waals surface area contributed by atoms with E-state index in [1.165, 1.54) is 37.7 Å². The molecular weight excluding hydrogens is 262 g/mol. The quantitative estimate of drug-likeness (QED) is 0.891. The van der Waals surface area contributed by atoms with Gasteiger partial charge in [-0.1, -0.05) is 31.9 Å². The van der Waals surface area contributed by atoms with Crippen LogP contribution in [0.25, 0.3) is 0 Å². The Morgan fingerprint density at radius 1 is 1.10 bits per heavy atom. The van der Waals surface area contributed by atoms with Crippen molar-refractivity contribution in [2.75, 3.05) is 19.8 Å². The summed E-state index contributed by atoms with van der Waals surface area (Å²) in [6, 6.07) is 6.22. The Labute approximate surface area is 128 Å². The second-order valence-corrected chi connectivity index (χ2v) is 6.46. The van der Waals surface area contributed by atoms with E-state index in [1.54, 1.807) is 0 Å². The lowest BCUT2D eigenvalue weighted by molar-refractivity contribution is 0.266. The van der Waals surface area contributed by atoms with Gasteiger partial charge in [0.05, 0.1) is 13.2 Å². The van der Waals surface area contributed by atoms with Gasteiger partial charge in [0.2, 0.25) is 0 Å². The number of fused-ring (bicyclic) bond motifs is 1. The molecule has 0 aromatic heterocycles. The van der Waals surface area contributed by atoms with Gasteiger partial charge in [-0.2, -0.15) is 0 Å². The number of hydrogen-bond donors (Lipinski definition) is 1. The molecule has 3 heteroatoms. The van der Waals surface area contributed by atoms with Gasteiger partial charge in [0.1, 0.15) is 0 Å². The first kappa shape index (κ1) is 14.7. The van der Waals surface area contributed by atoms with Crippen LogP contribution < -0.4 is 14.8 Å². The summed E-state index contributed by atoms with van der Waals surface area (Å²) in [6.45, 7) is 5.83. The Morgan fingerprint density at radius 2 is 1.90 bits per heavy atom. The summed E-state index contributed by atoms with van der Waals surface area (Å²) in [6.07, 6.45) is 7.79. The molecule has 3 rings (SSSR count). The number of ether oxygens (including phenoxy) is 2. The first-order valence-electron chi connectivity index (χ1n) is 8.41. The Hall–Kier alpha value is -1.22. The summed E-state index contributed by atoms with van der Waals surface area (Å²) in [7, 11) is 0. The second kappa shape index (κ2) is 6.69. The van der Waals surface area contributed by atoms with E-state index in [9.17, 15) is 0 Å². The zero-order chi connectivity index (χ0) is 14.5. The third-order valence-corrected chi connectivity index (χ3v) is 5.08. The van der Waals surface area contributed by atoms with E-state index < -0.39 is 0 Å². The average molecular weight is 289 g/mol. The molecule has 0 amide bonds. The topological polar surface area (TPSA) is 30.5 Å². The summed E-state index contributed by atoms with van der Waals surface area (Å²) in [5.74, 6) is 1.84. The molecular formula is C18H27NO2. The van der Waals surface area contributed by atoms with Crippen LogP contribution in [0, 0.1) is 5.41 Å². The van der Waals surface area contributed by atoms with Crippen LogP contribution in [0.5, 0.6) is 11.5 Å². The predicted octanol–water partition coefficient (Wildman–Crippen LogP) is 3.91. The van der Waals surface area contributed by atoms with Crippen LogP contribution in [0.15, 0.2) is 18.2 Å². The molecule has 21 heavy (non-hydrogen) atoms. The van der Waals surface area contributed by atoms with Gasteiger partial charge in [-0.15, -0.1) is 0 Å². The minimum atomic E-state index is 0.531. The lowest BCUT2D eigenvalue weighted by Gasteiger charge is -2.28. The Morgan fingerprint density at radius 3 is 2.71 bits per heavy atom. The first-order valence-corrected chi connectivity index (χ1v) is 8.41. The smallest absolute Gasteiger partial charge is 0.165 e. The molecule has 1 aromatic rings. The molecule has 1 saturated carbocycles. The molecule has 1 aromatic carbocycles. The van der Waals surface area contributed by atoms with Crippen molar-refractivity contribution in [2.24, 2.45) is 5.41 Å². The predicted molar refractivity (Wildman–Crippen MR) is 84.9 cm³/mol. The third-order valence-electron chi connectivity index (χ3n) is 5.08. The van der Waals surface area contributed by atoms with Gasteiger partial charge in [0.15, 0.2) is 11.5 Å². The summed E-state index contributed by atoms with van der Waals surface area (Å²) >= 11 is 0. The van der Waals surface area contributed by atoms with Gasteiger partial charge in [-0.25, -0.2) is 0 Å². The molecule has 3 nitrogen and oxygen atoms in total. The van der Waals surface area contributed by atoms with Crippen LogP contribution in [-0.4, -0.2) is 19.8 Å². The molecule has 1 aliphatic carbocycles. The van der Waals surface area contributed by atoms with Crippen LogP contribution in [0.2, 0.25) is 0 Å². The van der Waals surface area contributed by atoms with Crippen LogP contribution >= 0.6 is 0 Å². The van der Waals surface area contributed by atoms with Crippen molar-refractivity contribution in [2.45, 2.75) is 52.0 Å². The third kappa shape index (κ3) is 3.34. The monoisotopic (exact) mass is 289 g/mol. The fraction of sp³-hybridized carbons (Fsp3) is 0.667. The minimum Gasteiger partial charge on any atom is -0.490 e. The van der Waals surface area contributed by atoms with Crippen molar-refractivity contribution in [3.05, 3.63) is 23.8 Å². The van der Waals surface area contributed by atoms with E-state index in [0.717, 1.165) is 44.2 Å². The van der Waals surface area contributed by atoms with Gasteiger partial charge in [0, 0.05) is 25.1 Å². The van der Waals surface area contributed by atoms with Crippen molar-refractivity contribution in [3.63, 3.8) is 0 Å². The highest BCUT2D eigenvalue weighted by atomic mass is 16.5. The van der Waals surface area contributed by atoms with Crippen molar-refractivity contribution in [1.29, 1.82) is 0 Å². The van der Waals surface area contributed by atoms with Crippen LogP contribution in [0.4, 0.5) is 0 Å². The highest BCUT2D eigenvalue weighted by Crippen LogP contribution is 2.40. The van der Waals surface area contributed by atoms with E-state index in [4.69, 9.17) is 9.47 Å². The van der Waals surface area contributed by atoms with Gasteiger partial charge < -0.3 is 14.8 Å². The summed E-state index contributed by atoms with van der Waals surface area (Å²) in [5, 5.41) is 3.67. The van der Waals surface area contributed by atoms with Crippen LogP contribution in [0.1, 0.15) is 51.0 Å². The highest BCUT2D eigenvalue weighted by molar-refractivity contribution is 5.47. The lowest BCUT2D eigenvalue weighted by Crippen LogP contribution is -2.31. The Kier molecular flexibility index (Phi) is 4.69. The zero-order valence-corrected chi connectivity index (χ0v) is 13.1. The standard InChI is InChI=1S/C18H27NO2/c1-2-18(9-3-4-10-18)14-19-13-15-7-5-8-16-17(15)21-12-6-11-20-16/h5,7-8,19H,2-4,6,9-14H2,1H3. The Balaban J connectivity index is 1.63. The maximum atomic E-state index is 5.89. The first-order chi connectivity index (χ1) is 10.3. The number of benzene rings is 1. The van der Waals surface area contributed by atoms with Crippen LogP contribution in [-0.2, 0) is 6.54 Å². The fourth-order valence-corrected chi connectivity index (χ4v) is 3.64. The van der Waals surface area contributed by atoms with Crippen molar-refractivity contribution < 1.29 is 9.47 Å². The van der Waals surface area contributed by atoms with Gasteiger partial charge >= 0.3 is 0 Å². The molecule has 0 radical (unpaired) electrons. The molecule has 116 valence electrons. The molecule has 0 bridgehead atoms. The number of nitrogens with one attached hydrogen (secondary N) is 1. The van der Waals surface area contributed by atoms with Crippen molar-refractivity contribution in [1.82, 2.24) is 5.32 Å². The summed E-state index contributed by atoms with van der Waals surface area (Å²) < 4.78 is 11.6. The second-order valence-electron chi connectivity index (χ2n) is 6.46. The zero-order valence-electron chi connectivity index (χ0n) is 13.1. The molecule has 1 heterocycles. The van der Waals surface area contributed by atoms with Gasteiger partial charge in [-0.05, 0) is 30.7 Å². The largest absolute Gasteiger partial charge is 0.490 e. The highest BCUT2D eigenvalue weighted by Gasteiger charge is 2.31. The normalized spacial score (nSPS) is 20.2. The number of rotatable bonds is 5. The maximum Gasteiger partial charge on any atom is 0.165 e. The SMILES string of the molecule is CCC1(CNCc2cccc3c2OCCCO3)CCCC1. The van der Waals surface area contributed by atoms with Crippen molar-refractivity contribution in [3.8, 4) is 11.5 Å². The van der Waals surface area contributed by atoms with E-state index >= 15 is 0 Å². The summed E-state index contributed by atoms with van der Waals surface area (Å²) in [5.41, 5.74) is 1.75. The van der Waals surface area contributed by atoms with E-state index in [0.29, 0.717) is 5.41 Å². The molecule has 1 N–H and O–H groups in total. The van der Waals surface area contributed by atoms with E-state index in [-0.39, 0.29) is 0 Å². The minimum absolute atomic E-state index is 0.531. The average Bonchev–Trinajstić information content (AvgIpc) is 2.85. The molecule has 0 spiro atoms. The van der Waals surface area contributed by atoms with E-state index in [1.807, 2.05) is 6.07 Å². The van der Waals surface area contributed by atoms with E-state index in [2.05, 4.69) is 24.4 Å². The molecule has 2 aliphatic rings. The summed E-state index contributed by atoms with van der Waals surface area (Å²) in [4.78, 5) is 0. The van der Waals surface area contributed by atoms with Crippen LogP contribution in [0.3, 0.4) is 0 Å². The Bertz CT molecular complexity index is 466. The lowest BCUT2D eigenvalue weighted by atomic mass is 9.83. The van der Waals surface area contributed by atoms with Crippen molar-refractivity contribution >= 4 is 0 Å². The molecule has 0 unspecified atom stereocenters. The molecule has 1 fully saturated rings. The van der Waals surface area contributed by atoms with Gasteiger partial charge in [-0.3, -0.25) is 0 Å².